The summed E-state index contributed by atoms with van der Waals surface area (Å²) in [4.78, 5) is 23.0. The zero-order valence-corrected chi connectivity index (χ0v) is 17.3. The van der Waals surface area contributed by atoms with Crippen molar-refractivity contribution in [2.24, 2.45) is 5.92 Å². The molecule has 0 aliphatic rings. The molecule has 0 unspecified atom stereocenters. The molecular weight excluding hydrogens is 409 g/mol. The van der Waals surface area contributed by atoms with E-state index in [1.807, 2.05) is 13.8 Å². The highest BCUT2D eigenvalue weighted by molar-refractivity contribution is 5.66. The minimum Gasteiger partial charge on any atom is -0.658 e. The summed E-state index contributed by atoms with van der Waals surface area (Å²) < 4.78 is 46.0. The molecule has 9 heteroatoms. The van der Waals surface area contributed by atoms with Gasteiger partial charge in [0.25, 0.3) is 5.56 Å². The number of H-pyrrole nitrogens is 1. The van der Waals surface area contributed by atoms with E-state index in [4.69, 9.17) is 4.74 Å². The molecule has 31 heavy (non-hydrogen) atoms. The lowest BCUT2D eigenvalue weighted by atomic mass is 10.0. The van der Waals surface area contributed by atoms with Crippen molar-refractivity contribution in [3.05, 3.63) is 69.4 Å². The number of halogens is 3. The standard InChI is InChI=1S/C22H22F3N4O2/c1-13(2)10-26-11-14-4-6-17(22(23,24)25)16(8-14)21-28-18(9-19(30)29-21)15-5-7-20(31-3)27-12-15/h4-9,12-13H,10-11H2,1-3H3,(H,28,29,30)/q-1. The molecular formula is C22H22F3N4O2-. The molecule has 0 saturated heterocycles. The second-order valence-electron chi connectivity index (χ2n) is 7.40. The number of benzene rings is 1. The van der Waals surface area contributed by atoms with Gasteiger partial charge in [0.1, 0.15) is 5.82 Å². The predicted octanol–water partition coefficient (Wildman–Crippen LogP) is 5.06. The van der Waals surface area contributed by atoms with Crippen molar-refractivity contribution in [1.82, 2.24) is 15.0 Å². The lowest BCUT2D eigenvalue weighted by Gasteiger charge is -2.22. The third-order valence-electron chi connectivity index (χ3n) is 4.42. The fourth-order valence-electron chi connectivity index (χ4n) is 2.97. The molecule has 0 radical (unpaired) electrons. The van der Waals surface area contributed by atoms with E-state index in [0.29, 0.717) is 29.5 Å². The molecule has 0 aliphatic heterocycles. The summed E-state index contributed by atoms with van der Waals surface area (Å²) in [7, 11) is 1.46. The lowest BCUT2D eigenvalue weighted by Crippen LogP contribution is -2.13. The number of nitrogens with one attached hydrogen (secondary N) is 1. The summed E-state index contributed by atoms with van der Waals surface area (Å²) in [6.07, 6.45) is -3.17. The van der Waals surface area contributed by atoms with Crippen LogP contribution in [0.3, 0.4) is 0 Å². The zero-order chi connectivity index (χ0) is 22.6. The molecule has 0 bridgehead atoms. The van der Waals surface area contributed by atoms with Gasteiger partial charge < -0.3 is 15.0 Å². The van der Waals surface area contributed by atoms with Crippen molar-refractivity contribution in [1.29, 1.82) is 0 Å². The Labute approximate surface area is 177 Å². The van der Waals surface area contributed by atoms with Crippen LogP contribution in [-0.2, 0) is 12.7 Å². The average molecular weight is 431 g/mol. The van der Waals surface area contributed by atoms with Crippen molar-refractivity contribution in [3.63, 3.8) is 0 Å². The molecule has 3 aromatic rings. The summed E-state index contributed by atoms with van der Waals surface area (Å²) in [5.74, 6) is 0.545. The minimum absolute atomic E-state index is 0.170. The Morgan fingerprint density at radius 1 is 1.16 bits per heavy atom. The van der Waals surface area contributed by atoms with Crippen LogP contribution in [0.5, 0.6) is 5.88 Å². The van der Waals surface area contributed by atoms with Crippen LogP contribution < -0.4 is 10.3 Å². The molecule has 0 spiro atoms. The second-order valence-corrected chi connectivity index (χ2v) is 7.40. The second kappa shape index (κ2) is 9.30. The Hall–Kier alpha value is -3.20. The number of hydrogen-bond donors (Lipinski definition) is 1. The van der Waals surface area contributed by atoms with Gasteiger partial charge in [0.2, 0.25) is 5.88 Å². The molecule has 0 amide bonds. The molecule has 2 heterocycles. The molecule has 2 aromatic heterocycles. The van der Waals surface area contributed by atoms with E-state index in [9.17, 15) is 18.0 Å². The first-order valence-corrected chi connectivity index (χ1v) is 9.63. The van der Waals surface area contributed by atoms with Crippen molar-refractivity contribution in [2.75, 3.05) is 13.7 Å². The normalized spacial score (nSPS) is 11.7. The summed E-state index contributed by atoms with van der Waals surface area (Å²) >= 11 is 0. The predicted molar refractivity (Wildman–Crippen MR) is 112 cm³/mol. The van der Waals surface area contributed by atoms with Crippen molar-refractivity contribution in [3.8, 4) is 28.5 Å². The van der Waals surface area contributed by atoms with Gasteiger partial charge in [-0.25, -0.2) is 9.97 Å². The number of aromatic nitrogens is 3. The van der Waals surface area contributed by atoms with Gasteiger partial charge in [0.05, 0.1) is 18.4 Å². The van der Waals surface area contributed by atoms with Crippen LogP contribution in [0.15, 0.2) is 47.4 Å². The molecule has 0 saturated carbocycles. The van der Waals surface area contributed by atoms with E-state index in [1.165, 1.54) is 31.5 Å². The Morgan fingerprint density at radius 2 is 1.94 bits per heavy atom. The molecule has 1 aromatic carbocycles. The number of aromatic amines is 1. The van der Waals surface area contributed by atoms with Gasteiger partial charge in [0.15, 0.2) is 0 Å². The number of methoxy groups -OCH3 is 1. The Morgan fingerprint density at radius 3 is 2.55 bits per heavy atom. The van der Waals surface area contributed by atoms with Crippen LogP contribution in [0.1, 0.15) is 25.0 Å². The van der Waals surface area contributed by atoms with Crippen LogP contribution >= 0.6 is 0 Å². The summed E-state index contributed by atoms with van der Waals surface area (Å²) in [6.45, 7) is 4.90. The highest BCUT2D eigenvalue weighted by atomic mass is 19.4. The van der Waals surface area contributed by atoms with Crippen LogP contribution in [-0.4, -0.2) is 28.6 Å². The number of hydrogen-bond acceptors (Lipinski definition) is 4. The number of pyridine rings is 1. The molecule has 164 valence electrons. The third kappa shape index (κ3) is 5.69. The first-order chi connectivity index (χ1) is 14.7. The number of nitrogens with zero attached hydrogens (tertiary/aromatic N) is 3. The fraction of sp³-hybridized carbons (Fsp3) is 0.318. The summed E-state index contributed by atoms with van der Waals surface area (Å²) in [5.41, 5.74) is -0.373. The monoisotopic (exact) mass is 431 g/mol. The summed E-state index contributed by atoms with van der Waals surface area (Å²) in [5, 5.41) is 4.37. The van der Waals surface area contributed by atoms with E-state index in [1.54, 1.807) is 12.1 Å². The number of alkyl halides is 3. The van der Waals surface area contributed by atoms with Crippen LogP contribution in [0, 0.1) is 5.92 Å². The Kier molecular flexibility index (Phi) is 6.74. The Balaban J connectivity index is 2.06. The molecule has 3 rings (SSSR count). The minimum atomic E-state index is -4.61. The fourth-order valence-corrected chi connectivity index (χ4v) is 2.97. The molecule has 0 fully saturated rings. The third-order valence-corrected chi connectivity index (χ3v) is 4.42. The maximum absolute atomic E-state index is 13.7. The van der Waals surface area contributed by atoms with E-state index in [0.717, 1.165) is 6.07 Å². The van der Waals surface area contributed by atoms with Crippen molar-refractivity contribution in [2.45, 2.75) is 26.6 Å². The van der Waals surface area contributed by atoms with Gasteiger partial charge in [-0.3, -0.25) is 4.79 Å². The van der Waals surface area contributed by atoms with Crippen molar-refractivity contribution >= 4 is 0 Å². The van der Waals surface area contributed by atoms with E-state index in [2.05, 4.69) is 20.3 Å². The van der Waals surface area contributed by atoms with E-state index >= 15 is 0 Å². The van der Waals surface area contributed by atoms with Gasteiger partial charge in [-0.2, -0.15) is 13.2 Å². The first kappa shape index (κ1) is 22.5. The quantitative estimate of drug-likeness (QED) is 0.567. The molecule has 0 aliphatic carbocycles. The molecule has 1 N–H and O–H groups in total. The van der Waals surface area contributed by atoms with Crippen molar-refractivity contribution < 1.29 is 17.9 Å². The largest absolute Gasteiger partial charge is 0.658 e. The van der Waals surface area contributed by atoms with Crippen LogP contribution in [0.25, 0.3) is 28.0 Å². The maximum atomic E-state index is 13.7. The average Bonchev–Trinajstić information content (AvgIpc) is 2.72. The van der Waals surface area contributed by atoms with E-state index < -0.39 is 17.3 Å². The van der Waals surface area contributed by atoms with Gasteiger partial charge in [-0.05, 0) is 18.2 Å². The van der Waals surface area contributed by atoms with Gasteiger partial charge in [-0.15, -0.1) is 13.1 Å². The Bertz CT molecular complexity index is 1090. The van der Waals surface area contributed by atoms with Crippen LogP contribution in [0.2, 0.25) is 0 Å². The highest BCUT2D eigenvalue weighted by Gasteiger charge is 2.34. The smallest absolute Gasteiger partial charge is 0.417 e. The summed E-state index contributed by atoms with van der Waals surface area (Å²) in [6, 6.07) is 8.19. The van der Waals surface area contributed by atoms with Gasteiger partial charge in [0, 0.05) is 29.5 Å². The highest BCUT2D eigenvalue weighted by Crippen LogP contribution is 2.37. The topological polar surface area (TPSA) is 82.0 Å². The SMILES string of the molecule is COc1ccc(-c2cc(=O)[nH]c(-c3cc(C[N-]CC(C)C)ccc3C(F)(F)F)n2)cn1. The number of rotatable bonds is 7. The van der Waals surface area contributed by atoms with E-state index in [-0.39, 0.29) is 23.6 Å². The van der Waals surface area contributed by atoms with Gasteiger partial charge >= 0.3 is 6.18 Å². The van der Waals surface area contributed by atoms with Crippen LogP contribution in [0.4, 0.5) is 13.2 Å². The lowest BCUT2D eigenvalue weighted by molar-refractivity contribution is -0.137. The van der Waals surface area contributed by atoms with Gasteiger partial charge in [-0.1, -0.05) is 31.4 Å². The first-order valence-electron chi connectivity index (χ1n) is 9.63. The molecule has 0 atom stereocenters. The number of ether oxygens (including phenoxy) is 1. The molecule has 6 nitrogen and oxygen atoms in total. The maximum Gasteiger partial charge on any atom is 0.417 e. The zero-order valence-electron chi connectivity index (χ0n) is 17.3.